The molecule has 0 aliphatic rings. The van der Waals surface area contributed by atoms with Crippen LogP contribution in [0.3, 0.4) is 0 Å². The zero-order valence-electron chi connectivity index (χ0n) is 12.2. The Balaban J connectivity index is 1.99. The third kappa shape index (κ3) is 5.78. The highest BCUT2D eigenvalue weighted by atomic mass is 79.9. The highest BCUT2D eigenvalue weighted by molar-refractivity contribution is 9.10. The van der Waals surface area contributed by atoms with Crippen LogP contribution in [0.4, 0.5) is 0 Å². The van der Waals surface area contributed by atoms with Crippen LogP contribution in [0.1, 0.15) is 19.4 Å². The number of hydrogen-bond donors (Lipinski definition) is 1. The van der Waals surface area contributed by atoms with Gasteiger partial charge in [0.15, 0.2) is 0 Å². The second kappa shape index (κ2) is 8.37. The van der Waals surface area contributed by atoms with Crippen LogP contribution < -0.4 is 5.32 Å². The molecule has 0 unspecified atom stereocenters. The van der Waals surface area contributed by atoms with Crippen molar-refractivity contribution in [3.05, 3.63) is 57.0 Å². The fourth-order valence-electron chi connectivity index (χ4n) is 1.87. The molecule has 0 spiro atoms. The van der Waals surface area contributed by atoms with Gasteiger partial charge in [-0.15, -0.1) is 0 Å². The van der Waals surface area contributed by atoms with Gasteiger partial charge in [0.25, 0.3) is 0 Å². The van der Waals surface area contributed by atoms with Crippen LogP contribution >= 0.6 is 43.6 Å². The lowest BCUT2D eigenvalue weighted by Crippen LogP contribution is -2.19. The molecule has 0 saturated carbocycles. The first kappa shape index (κ1) is 17.1. The van der Waals surface area contributed by atoms with Gasteiger partial charge in [-0.25, -0.2) is 0 Å². The highest BCUT2D eigenvalue weighted by Crippen LogP contribution is 2.31. The summed E-state index contributed by atoms with van der Waals surface area (Å²) in [6, 6.07) is 15.0. The number of benzene rings is 2. The van der Waals surface area contributed by atoms with Gasteiger partial charge in [-0.1, -0.05) is 63.5 Å². The molecule has 112 valence electrons. The molecule has 0 heterocycles. The van der Waals surface area contributed by atoms with Crippen LogP contribution in [0.5, 0.6) is 0 Å². The van der Waals surface area contributed by atoms with Gasteiger partial charge in [-0.3, -0.25) is 0 Å². The third-order valence-corrected chi connectivity index (χ3v) is 5.21. The van der Waals surface area contributed by atoms with Gasteiger partial charge in [0, 0.05) is 25.3 Å². The summed E-state index contributed by atoms with van der Waals surface area (Å²) in [5.74, 6) is 0.677. The smallest absolute Gasteiger partial charge is 0.0231 e. The number of halogens is 2. The Kier molecular flexibility index (Phi) is 6.80. The van der Waals surface area contributed by atoms with Crippen LogP contribution in [0.15, 0.2) is 61.2 Å². The van der Waals surface area contributed by atoms with Gasteiger partial charge in [-0.2, -0.15) is 0 Å². The van der Waals surface area contributed by atoms with E-state index < -0.39 is 0 Å². The number of nitrogens with one attached hydrogen (secondary N) is 1. The van der Waals surface area contributed by atoms with E-state index in [1.807, 2.05) is 0 Å². The standard InChI is InChI=1S/C17H19Br2NS/c1-12(2)10-20-11-13-3-6-16(9-17(13)19)21-15-7-4-14(18)5-8-15/h3-9,12,20H,10-11H2,1-2H3. The lowest BCUT2D eigenvalue weighted by Gasteiger charge is -2.10. The van der Waals surface area contributed by atoms with E-state index in [0.29, 0.717) is 5.92 Å². The summed E-state index contributed by atoms with van der Waals surface area (Å²) >= 11 is 8.92. The average Bonchev–Trinajstić information content (AvgIpc) is 2.43. The molecule has 0 aliphatic heterocycles. The van der Waals surface area contributed by atoms with E-state index >= 15 is 0 Å². The molecular weight excluding hydrogens is 410 g/mol. The summed E-state index contributed by atoms with van der Waals surface area (Å²) in [5.41, 5.74) is 1.30. The highest BCUT2D eigenvalue weighted by Gasteiger charge is 2.04. The van der Waals surface area contributed by atoms with Crippen molar-refractivity contribution in [2.45, 2.75) is 30.2 Å². The van der Waals surface area contributed by atoms with Gasteiger partial charge in [0.05, 0.1) is 0 Å². The third-order valence-electron chi connectivity index (χ3n) is 2.94. The van der Waals surface area contributed by atoms with Crippen LogP contribution in [0, 0.1) is 5.92 Å². The average molecular weight is 429 g/mol. The summed E-state index contributed by atoms with van der Waals surface area (Å²) in [7, 11) is 0. The molecule has 0 aliphatic carbocycles. The second-order valence-corrected chi connectivity index (χ2v) is 8.25. The van der Waals surface area contributed by atoms with Gasteiger partial charge in [0.1, 0.15) is 0 Å². The first-order valence-electron chi connectivity index (χ1n) is 6.97. The minimum absolute atomic E-state index is 0.677. The molecule has 0 bridgehead atoms. The molecule has 0 aromatic heterocycles. The molecule has 2 aromatic carbocycles. The predicted molar refractivity (Wildman–Crippen MR) is 99.0 cm³/mol. The SMILES string of the molecule is CC(C)CNCc1ccc(Sc2ccc(Br)cc2)cc1Br. The fraction of sp³-hybridized carbons (Fsp3) is 0.294. The molecule has 2 rings (SSSR count). The topological polar surface area (TPSA) is 12.0 Å². The Morgan fingerprint density at radius 3 is 2.29 bits per heavy atom. The van der Waals surface area contributed by atoms with Gasteiger partial charge >= 0.3 is 0 Å². The summed E-state index contributed by atoms with van der Waals surface area (Å²) in [6.45, 7) is 6.39. The molecule has 0 radical (unpaired) electrons. The minimum Gasteiger partial charge on any atom is -0.312 e. The summed E-state index contributed by atoms with van der Waals surface area (Å²) in [5, 5.41) is 3.48. The predicted octanol–water partition coefficient (Wildman–Crippen LogP) is 6.11. The first-order chi connectivity index (χ1) is 10.0. The van der Waals surface area contributed by atoms with Crippen LogP contribution in [-0.4, -0.2) is 6.54 Å². The zero-order chi connectivity index (χ0) is 15.2. The monoisotopic (exact) mass is 427 g/mol. The molecule has 1 nitrogen and oxygen atoms in total. The van der Waals surface area contributed by atoms with Gasteiger partial charge in [0.2, 0.25) is 0 Å². The Morgan fingerprint density at radius 1 is 1.00 bits per heavy atom. The van der Waals surface area contributed by atoms with E-state index in [9.17, 15) is 0 Å². The largest absolute Gasteiger partial charge is 0.312 e. The van der Waals surface area contributed by atoms with Crippen molar-refractivity contribution in [3.8, 4) is 0 Å². The van der Waals surface area contributed by atoms with E-state index in [1.54, 1.807) is 11.8 Å². The van der Waals surface area contributed by atoms with Crippen LogP contribution in [-0.2, 0) is 6.54 Å². The second-order valence-electron chi connectivity index (χ2n) is 5.33. The number of hydrogen-bond acceptors (Lipinski definition) is 2. The Hall–Kier alpha value is -0.290. The Morgan fingerprint density at radius 2 is 1.67 bits per heavy atom. The normalized spacial score (nSPS) is 11.1. The van der Waals surface area contributed by atoms with Crippen molar-refractivity contribution < 1.29 is 0 Å². The van der Waals surface area contributed by atoms with Crippen molar-refractivity contribution in [1.29, 1.82) is 0 Å². The summed E-state index contributed by atoms with van der Waals surface area (Å²) in [6.07, 6.45) is 0. The molecule has 2 aromatic rings. The van der Waals surface area contributed by atoms with E-state index in [0.717, 1.165) is 17.6 Å². The molecular formula is C17H19Br2NS. The molecule has 0 saturated heterocycles. The molecule has 21 heavy (non-hydrogen) atoms. The maximum atomic E-state index is 3.68. The Bertz CT molecular complexity index is 582. The van der Waals surface area contributed by atoms with Crippen molar-refractivity contribution in [2.24, 2.45) is 5.92 Å². The van der Waals surface area contributed by atoms with Crippen molar-refractivity contribution in [1.82, 2.24) is 5.32 Å². The summed E-state index contributed by atoms with van der Waals surface area (Å²) < 4.78 is 2.28. The Labute approximate surface area is 148 Å². The summed E-state index contributed by atoms with van der Waals surface area (Å²) in [4.78, 5) is 2.49. The molecule has 0 amide bonds. The van der Waals surface area contributed by atoms with Crippen LogP contribution in [0.2, 0.25) is 0 Å². The van der Waals surface area contributed by atoms with Gasteiger partial charge < -0.3 is 5.32 Å². The quantitative estimate of drug-likeness (QED) is 0.595. The maximum Gasteiger partial charge on any atom is 0.0231 e. The molecule has 0 atom stereocenters. The van der Waals surface area contributed by atoms with Crippen molar-refractivity contribution in [3.63, 3.8) is 0 Å². The van der Waals surface area contributed by atoms with Gasteiger partial charge in [-0.05, 0) is 54.4 Å². The lowest BCUT2D eigenvalue weighted by molar-refractivity contribution is 0.551. The van der Waals surface area contributed by atoms with E-state index in [1.165, 1.54) is 19.8 Å². The van der Waals surface area contributed by atoms with E-state index in [4.69, 9.17) is 0 Å². The zero-order valence-corrected chi connectivity index (χ0v) is 16.2. The molecule has 4 heteroatoms. The first-order valence-corrected chi connectivity index (χ1v) is 9.37. The maximum absolute atomic E-state index is 3.68. The van der Waals surface area contributed by atoms with Crippen LogP contribution in [0.25, 0.3) is 0 Å². The lowest BCUT2D eigenvalue weighted by atomic mass is 10.2. The minimum atomic E-state index is 0.677. The van der Waals surface area contributed by atoms with Crippen molar-refractivity contribution >= 4 is 43.6 Å². The van der Waals surface area contributed by atoms with E-state index in [-0.39, 0.29) is 0 Å². The fourth-order valence-corrected chi connectivity index (χ4v) is 3.66. The molecule has 1 N–H and O–H groups in total. The van der Waals surface area contributed by atoms with Crippen molar-refractivity contribution in [2.75, 3.05) is 6.54 Å². The molecule has 0 fully saturated rings. The number of rotatable bonds is 6. The van der Waals surface area contributed by atoms with E-state index in [2.05, 4.69) is 93.5 Å².